The Kier molecular flexibility index (Phi) is 4.44. The van der Waals surface area contributed by atoms with Crippen molar-refractivity contribution in [3.05, 3.63) is 93.4 Å². The minimum Gasteiger partial charge on any atom is -0.374 e. The normalized spacial score (nSPS) is 12.2. The predicted octanol–water partition coefficient (Wildman–Crippen LogP) is 5.10. The van der Waals surface area contributed by atoms with Crippen molar-refractivity contribution in [2.75, 3.05) is 5.32 Å². The number of aromatic amines is 2. The van der Waals surface area contributed by atoms with Crippen molar-refractivity contribution in [3.8, 4) is 0 Å². The number of fused-ring (bicyclic) bond motifs is 1. The van der Waals surface area contributed by atoms with Gasteiger partial charge in [-0.25, -0.2) is 4.98 Å². The molecule has 0 aliphatic carbocycles. The van der Waals surface area contributed by atoms with E-state index in [-0.39, 0.29) is 6.04 Å². The molecule has 2 aromatic heterocycles. The van der Waals surface area contributed by atoms with Crippen molar-refractivity contribution >= 4 is 39.2 Å². The Morgan fingerprint density at radius 2 is 1.80 bits per heavy atom. The summed E-state index contributed by atoms with van der Waals surface area (Å²) in [5.41, 5.74) is 5.96. The molecule has 2 heterocycles. The topological polar surface area (TPSA) is 42.0 Å². The third-order valence-electron chi connectivity index (χ3n) is 4.45. The summed E-state index contributed by atoms with van der Waals surface area (Å²) >= 11 is 2.33. The fourth-order valence-corrected chi connectivity index (χ4v) is 3.65. The molecule has 3 N–H and O–H groups in total. The van der Waals surface area contributed by atoms with Crippen LogP contribution in [0.1, 0.15) is 22.9 Å². The van der Waals surface area contributed by atoms with E-state index in [0.717, 1.165) is 5.69 Å². The SMILES string of the molecule is Cc1[nH]c2ccccc2c1C(Nc1ccc(I)cc1)c1ccc[nH+]c1. The first-order chi connectivity index (χ1) is 12.2. The standard InChI is InChI=1S/C21H18IN3/c1-14-20(18-6-2-3-7-19(18)24-14)21(15-5-4-12-23-13-15)25-17-10-8-16(22)9-11-17/h2-13,21,24-25H,1H3/p+1. The molecule has 4 aromatic rings. The number of benzene rings is 2. The Bertz CT molecular complexity index is 991. The molecule has 3 nitrogen and oxygen atoms in total. The number of nitrogens with one attached hydrogen (secondary N) is 3. The van der Waals surface area contributed by atoms with Gasteiger partial charge >= 0.3 is 0 Å². The molecule has 0 saturated heterocycles. The van der Waals surface area contributed by atoms with Gasteiger partial charge in [0.15, 0.2) is 12.4 Å². The van der Waals surface area contributed by atoms with Gasteiger partial charge in [-0.3, -0.25) is 0 Å². The van der Waals surface area contributed by atoms with Gasteiger partial charge in [0.25, 0.3) is 0 Å². The summed E-state index contributed by atoms with van der Waals surface area (Å²) in [6, 6.07) is 21.3. The van der Waals surface area contributed by atoms with E-state index in [1.165, 1.54) is 31.3 Å². The van der Waals surface area contributed by atoms with Crippen LogP contribution in [0.4, 0.5) is 5.69 Å². The average Bonchev–Trinajstić information content (AvgIpc) is 2.98. The minimum atomic E-state index is 0.0636. The lowest BCUT2D eigenvalue weighted by molar-refractivity contribution is -0.378. The van der Waals surface area contributed by atoms with E-state index in [2.05, 4.69) is 106 Å². The average molecular weight is 440 g/mol. The van der Waals surface area contributed by atoms with E-state index in [1.807, 2.05) is 12.3 Å². The van der Waals surface area contributed by atoms with Crippen LogP contribution in [0.2, 0.25) is 0 Å². The number of para-hydroxylation sites is 1. The molecule has 0 amide bonds. The zero-order valence-electron chi connectivity index (χ0n) is 13.9. The molecule has 4 rings (SSSR count). The first-order valence-electron chi connectivity index (χ1n) is 8.28. The number of H-pyrrole nitrogens is 2. The number of hydrogen-bond donors (Lipinski definition) is 2. The van der Waals surface area contributed by atoms with Gasteiger partial charge in [-0.15, -0.1) is 0 Å². The maximum absolute atomic E-state index is 3.71. The first kappa shape index (κ1) is 16.1. The van der Waals surface area contributed by atoms with Crippen LogP contribution in [0.25, 0.3) is 10.9 Å². The Morgan fingerprint density at radius 1 is 1.00 bits per heavy atom. The van der Waals surface area contributed by atoms with Crippen LogP contribution in [0.5, 0.6) is 0 Å². The number of pyridine rings is 1. The van der Waals surface area contributed by atoms with Crippen LogP contribution in [-0.2, 0) is 0 Å². The summed E-state index contributed by atoms with van der Waals surface area (Å²) in [6.45, 7) is 2.14. The highest BCUT2D eigenvalue weighted by Crippen LogP contribution is 2.34. The molecule has 0 spiro atoms. The maximum atomic E-state index is 3.71. The molecule has 0 radical (unpaired) electrons. The molecule has 25 heavy (non-hydrogen) atoms. The molecule has 124 valence electrons. The molecule has 0 saturated carbocycles. The molecular formula is C21H19IN3+. The van der Waals surface area contributed by atoms with Crippen LogP contribution >= 0.6 is 22.6 Å². The van der Waals surface area contributed by atoms with Crippen LogP contribution in [0.3, 0.4) is 0 Å². The smallest absolute Gasteiger partial charge is 0.172 e. The Balaban J connectivity index is 1.85. The second-order valence-electron chi connectivity index (χ2n) is 6.13. The van der Waals surface area contributed by atoms with Gasteiger partial charge in [-0.05, 0) is 65.9 Å². The lowest BCUT2D eigenvalue weighted by Gasteiger charge is -2.20. The van der Waals surface area contributed by atoms with Crippen molar-refractivity contribution in [2.24, 2.45) is 0 Å². The number of halogens is 1. The number of anilines is 1. The second-order valence-corrected chi connectivity index (χ2v) is 7.38. The molecule has 4 heteroatoms. The van der Waals surface area contributed by atoms with Crippen molar-refractivity contribution in [1.82, 2.24) is 4.98 Å². The van der Waals surface area contributed by atoms with Crippen LogP contribution < -0.4 is 10.3 Å². The van der Waals surface area contributed by atoms with Gasteiger partial charge in [0, 0.05) is 43.0 Å². The van der Waals surface area contributed by atoms with Crippen LogP contribution in [0, 0.1) is 10.5 Å². The van der Waals surface area contributed by atoms with Crippen LogP contribution in [-0.4, -0.2) is 4.98 Å². The maximum Gasteiger partial charge on any atom is 0.172 e. The Morgan fingerprint density at radius 3 is 2.56 bits per heavy atom. The summed E-state index contributed by atoms with van der Waals surface area (Å²) < 4.78 is 1.23. The quantitative estimate of drug-likeness (QED) is 0.427. The van der Waals surface area contributed by atoms with E-state index >= 15 is 0 Å². The Labute approximate surface area is 160 Å². The molecule has 1 unspecified atom stereocenters. The predicted molar refractivity (Wildman–Crippen MR) is 111 cm³/mol. The molecule has 0 bridgehead atoms. The highest BCUT2D eigenvalue weighted by Gasteiger charge is 2.22. The van der Waals surface area contributed by atoms with E-state index in [0.29, 0.717) is 0 Å². The fraction of sp³-hybridized carbons (Fsp3) is 0.0952. The van der Waals surface area contributed by atoms with Crippen molar-refractivity contribution in [2.45, 2.75) is 13.0 Å². The molecule has 2 aromatic carbocycles. The second kappa shape index (κ2) is 6.88. The zero-order valence-corrected chi connectivity index (χ0v) is 16.0. The largest absolute Gasteiger partial charge is 0.374 e. The van der Waals surface area contributed by atoms with Gasteiger partial charge in [-0.2, -0.15) is 0 Å². The van der Waals surface area contributed by atoms with Gasteiger partial charge in [0.05, 0.1) is 6.04 Å². The molecule has 0 aliphatic heterocycles. The molecule has 0 fully saturated rings. The van der Waals surface area contributed by atoms with Gasteiger partial charge in [-0.1, -0.05) is 18.2 Å². The third kappa shape index (κ3) is 3.26. The molecule has 1 atom stereocenters. The number of hydrogen-bond acceptors (Lipinski definition) is 1. The van der Waals surface area contributed by atoms with Crippen molar-refractivity contribution in [3.63, 3.8) is 0 Å². The summed E-state index contributed by atoms with van der Waals surface area (Å²) in [5, 5.41) is 4.97. The van der Waals surface area contributed by atoms with E-state index in [4.69, 9.17) is 0 Å². The van der Waals surface area contributed by atoms with E-state index in [1.54, 1.807) is 0 Å². The Hall–Kier alpha value is -2.34. The van der Waals surface area contributed by atoms with Crippen molar-refractivity contribution in [1.29, 1.82) is 0 Å². The van der Waals surface area contributed by atoms with E-state index in [9.17, 15) is 0 Å². The summed E-state index contributed by atoms with van der Waals surface area (Å²) in [6.07, 6.45) is 4.00. The number of aryl methyl sites for hydroxylation is 1. The number of rotatable bonds is 4. The summed E-state index contributed by atoms with van der Waals surface area (Å²) in [5.74, 6) is 0. The first-order valence-corrected chi connectivity index (χ1v) is 9.35. The van der Waals surface area contributed by atoms with Crippen LogP contribution in [0.15, 0.2) is 73.1 Å². The highest BCUT2D eigenvalue weighted by atomic mass is 127. The summed E-state index contributed by atoms with van der Waals surface area (Å²) in [4.78, 5) is 6.74. The van der Waals surface area contributed by atoms with Crippen molar-refractivity contribution < 1.29 is 4.98 Å². The minimum absolute atomic E-state index is 0.0636. The van der Waals surface area contributed by atoms with Gasteiger partial charge < -0.3 is 10.3 Å². The summed E-state index contributed by atoms with van der Waals surface area (Å²) in [7, 11) is 0. The van der Waals surface area contributed by atoms with E-state index < -0.39 is 0 Å². The fourth-order valence-electron chi connectivity index (χ4n) is 3.29. The highest BCUT2D eigenvalue weighted by molar-refractivity contribution is 14.1. The molecule has 0 aliphatic rings. The number of aromatic nitrogens is 2. The molecular weight excluding hydrogens is 421 g/mol. The third-order valence-corrected chi connectivity index (χ3v) is 5.17. The van der Waals surface area contributed by atoms with Gasteiger partial charge in [0.1, 0.15) is 0 Å². The van der Waals surface area contributed by atoms with Gasteiger partial charge in [0.2, 0.25) is 0 Å². The lowest BCUT2D eigenvalue weighted by Crippen LogP contribution is -2.15. The zero-order chi connectivity index (χ0) is 17.2. The monoisotopic (exact) mass is 440 g/mol. The lowest BCUT2D eigenvalue weighted by atomic mass is 9.97.